The Hall–Kier alpha value is -2.50. The van der Waals surface area contributed by atoms with Gasteiger partial charge in [0.1, 0.15) is 5.75 Å². The molecule has 1 aromatic heterocycles. The van der Waals surface area contributed by atoms with Gasteiger partial charge in [-0.05, 0) is 18.6 Å². The second-order valence-electron chi connectivity index (χ2n) is 3.76. The number of aromatic hydroxyl groups is 1. The lowest BCUT2D eigenvalue weighted by Gasteiger charge is -2.10. The van der Waals surface area contributed by atoms with Gasteiger partial charge >= 0.3 is 0 Å². The van der Waals surface area contributed by atoms with E-state index in [0.29, 0.717) is 5.75 Å². The molecule has 3 N–H and O–H groups in total. The zero-order valence-corrected chi connectivity index (χ0v) is 10.0. The summed E-state index contributed by atoms with van der Waals surface area (Å²) in [6.07, 6.45) is 0. The van der Waals surface area contributed by atoms with Crippen LogP contribution in [0.5, 0.6) is 11.6 Å². The van der Waals surface area contributed by atoms with Crippen molar-refractivity contribution in [1.82, 2.24) is 9.97 Å². The highest BCUT2D eigenvalue weighted by Crippen LogP contribution is 2.23. The van der Waals surface area contributed by atoms with Crippen molar-refractivity contribution in [3.63, 3.8) is 0 Å². The zero-order chi connectivity index (χ0) is 13.1. The van der Waals surface area contributed by atoms with E-state index in [9.17, 15) is 9.90 Å². The number of methoxy groups -OCH3 is 1. The van der Waals surface area contributed by atoms with Crippen LogP contribution in [0.4, 0.5) is 11.6 Å². The maximum Gasteiger partial charge on any atom is 0.256 e. The minimum Gasteiger partial charge on any atom is -0.497 e. The van der Waals surface area contributed by atoms with Crippen LogP contribution in [0.25, 0.3) is 0 Å². The predicted molar refractivity (Wildman–Crippen MR) is 67.5 cm³/mol. The molecule has 18 heavy (non-hydrogen) atoms. The Labute approximate surface area is 103 Å². The van der Waals surface area contributed by atoms with Crippen molar-refractivity contribution in [3.05, 3.63) is 40.2 Å². The highest BCUT2D eigenvalue weighted by atomic mass is 16.5. The molecule has 0 fully saturated rings. The molecule has 0 bridgehead atoms. The van der Waals surface area contributed by atoms with E-state index in [1.165, 1.54) is 0 Å². The molecule has 1 aromatic carbocycles. The van der Waals surface area contributed by atoms with Gasteiger partial charge in [-0.15, -0.1) is 0 Å². The van der Waals surface area contributed by atoms with Gasteiger partial charge in [0.2, 0.25) is 11.8 Å². The predicted octanol–water partition coefficient (Wildman–Crippen LogP) is 1.54. The fourth-order valence-electron chi connectivity index (χ4n) is 1.49. The average Bonchev–Trinajstić information content (AvgIpc) is 2.30. The molecule has 94 valence electrons. The first-order valence-electron chi connectivity index (χ1n) is 5.30. The quantitative estimate of drug-likeness (QED) is 0.765. The molecule has 2 rings (SSSR count). The summed E-state index contributed by atoms with van der Waals surface area (Å²) in [6, 6.07) is 6.49. The Morgan fingerprint density at radius 3 is 2.83 bits per heavy atom. The van der Waals surface area contributed by atoms with Crippen molar-refractivity contribution < 1.29 is 9.84 Å². The molecular formula is C12H13N3O3. The van der Waals surface area contributed by atoms with Crippen LogP contribution < -0.4 is 15.6 Å². The molecule has 0 radical (unpaired) electrons. The van der Waals surface area contributed by atoms with Gasteiger partial charge in [-0.3, -0.25) is 9.78 Å². The Morgan fingerprint density at radius 2 is 2.17 bits per heavy atom. The smallest absolute Gasteiger partial charge is 0.256 e. The summed E-state index contributed by atoms with van der Waals surface area (Å²) in [6.45, 7) is 1.91. The van der Waals surface area contributed by atoms with E-state index in [1.807, 2.05) is 19.1 Å². The number of anilines is 2. The molecular weight excluding hydrogens is 234 g/mol. The number of H-pyrrole nitrogens is 1. The molecule has 0 aliphatic carbocycles. The fraction of sp³-hybridized carbons (Fsp3) is 0.167. The zero-order valence-electron chi connectivity index (χ0n) is 10.0. The van der Waals surface area contributed by atoms with Crippen LogP contribution in [-0.4, -0.2) is 22.2 Å². The van der Waals surface area contributed by atoms with Crippen LogP contribution >= 0.6 is 0 Å². The Morgan fingerprint density at radius 1 is 1.39 bits per heavy atom. The fourth-order valence-corrected chi connectivity index (χ4v) is 1.49. The summed E-state index contributed by atoms with van der Waals surface area (Å²) in [5.41, 5.74) is 1.27. The lowest BCUT2D eigenvalue weighted by Crippen LogP contribution is -2.09. The Bertz CT molecular complexity index is 622. The number of ether oxygens (including phenoxy) is 1. The monoisotopic (exact) mass is 247 g/mol. The number of rotatable bonds is 3. The van der Waals surface area contributed by atoms with E-state index in [-0.39, 0.29) is 11.8 Å². The molecule has 0 saturated carbocycles. The summed E-state index contributed by atoms with van der Waals surface area (Å²) >= 11 is 0. The van der Waals surface area contributed by atoms with Crippen LogP contribution in [0.3, 0.4) is 0 Å². The molecule has 0 unspecified atom stereocenters. The van der Waals surface area contributed by atoms with E-state index >= 15 is 0 Å². The van der Waals surface area contributed by atoms with Crippen LogP contribution in [0.2, 0.25) is 0 Å². The van der Waals surface area contributed by atoms with Crippen molar-refractivity contribution in [2.45, 2.75) is 6.92 Å². The molecule has 1 heterocycles. The molecule has 6 nitrogen and oxygen atoms in total. The largest absolute Gasteiger partial charge is 0.497 e. The van der Waals surface area contributed by atoms with Crippen LogP contribution in [-0.2, 0) is 0 Å². The Kier molecular flexibility index (Phi) is 3.18. The molecule has 0 aliphatic heterocycles. The minimum atomic E-state index is -0.425. The van der Waals surface area contributed by atoms with Gasteiger partial charge < -0.3 is 15.2 Å². The van der Waals surface area contributed by atoms with Crippen molar-refractivity contribution >= 4 is 11.6 Å². The highest BCUT2D eigenvalue weighted by molar-refractivity contribution is 5.60. The number of aromatic nitrogens is 2. The molecule has 0 amide bonds. The van der Waals surface area contributed by atoms with E-state index in [2.05, 4.69) is 15.3 Å². The van der Waals surface area contributed by atoms with E-state index in [4.69, 9.17) is 4.74 Å². The maximum atomic E-state index is 11.2. The highest BCUT2D eigenvalue weighted by Gasteiger charge is 2.04. The van der Waals surface area contributed by atoms with Crippen LogP contribution in [0, 0.1) is 6.92 Å². The number of aromatic amines is 1. The molecule has 2 aromatic rings. The number of hydrogen-bond acceptors (Lipinski definition) is 5. The van der Waals surface area contributed by atoms with Crippen molar-refractivity contribution in [2.24, 2.45) is 0 Å². The SMILES string of the molecule is COc1ccc(C)c(Nc2nc(O)cc(=O)[nH]2)c1. The van der Waals surface area contributed by atoms with Crippen molar-refractivity contribution in [1.29, 1.82) is 0 Å². The number of nitrogens with one attached hydrogen (secondary N) is 2. The standard InChI is InChI=1S/C12H13N3O3/c1-7-3-4-8(18-2)5-9(7)13-12-14-10(16)6-11(17)15-12/h3-6H,1-2H3,(H3,13,14,15,16,17). The Balaban J connectivity index is 2.36. The number of aryl methyl sites for hydroxylation is 1. The third-order valence-corrected chi connectivity index (χ3v) is 2.43. The molecule has 0 aliphatic rings. The minimum absolute atomic E-state index is 0.177. The first-order valence-corrected chi connectivity index (χ1v) is 5.30. The summed E-state index contributed by atoms with van der Waals surface area (Å²) in [5.74, 6) is 0.531. The summed E-state index contributed by atoms with van der Waals surface area (Å²) in [7, 11) is 1.57. The number of benzene rings is 1. The van der Waals surface area contributed by atoms with Gasteiger partial charge in [-0.1, -0.05) is 6.07 Å². The summed E-state index contributed by atoms with van der Waals surface area (Å²) < 4.78 is 5.11. The van der Waals surface area contributed by atoms with Gasteiger partial charge in [0.15, 0.2) is 0 Å². The van der Waals surface area contributed by atoms with E-state index < -0.39 is 5.56 Å². The lowest BCUT2D eigenvalue weighted by atomic mass is 10.2. The second-order valence-corrected chi connectivity index (χ2v) is 3.76. The maximum absolute atomic E-state index is 11.2. The van der Waals surface area contributed by atoms with Crippen molar-refractivity contribution in [2.75, 3.05) is 12.4 Å². The second kappa shape index (κ2) is 4.79. The normalized spacial score (nSPS) is 10.1. The molecule has 0 spiro atoms. The molecule has 6 heteroatoms. The van der Waals surface area contributed by atoms with Gasteiger partial charge in [0.05, 0.1) is 13.2 Å². The van der Waals surface area contributed by atoms with Gasteiger partial charge in [-0.2, -0.15) is 4.98 Å². The summed E-state index contributed by atoms with van der Waals surface area (Å²) in [4.78, 5) is 17.4. The average molecular weight is 247 g/mol. The lowest BCUT2D eigenvalue weighted by molar-refractivity contribution is 0.415. The number of nitrogens with zero attached hydrogens (tertiary/aromatic N) is 1. The van der Waals surface area contributed by atoms with Crippen LogP contribution in [0.15, 0.2) is 29.1 Å². The van der Waals surface area contributed by atoms with E-state index in [1.54, 1.807) is 13.2 Å². The van der Waals surface area contributed by atoms with Gasteiger partial charge in [-0.25, -0.2) is 0 Å². The number of hydrogen-bond donors (Lipinski definition) is 3. The van der Waals surface area contributed by atoms with Crippen LogP contribution in [0.1, 0.15) is 5.56 Å². The molecule has 0 atom stereocenters. The third-order valence-electron chi connectivity index (χ3n) is 2.43. The first kappa shape index (κ1) is 12.0. The topological polar surface area (TPSA) is 87.2 Å². The summed E-state index contributed by atoms with van der Waals surface area (Å²) in [5, 5.41) is 12.2. The third kappa shape index (κ3) is 2.60. The van der Waals surface area contributed by atoms with E-state index in [0.717, 1.165) is 17.3 Å². The molecule has 0 saturated heterocycles. The van der Waals surface area contributed by atoms with Gasteiger partial charge in [0, 0.05) is 11.8 Å². The first-order chi connectivity index (χ1) is 8.58. The van der Waals surface area contributed by atoms with Crippen molar-refractivity contribution in [3.8, 4) is 11.6 Å². The van der Waals surface area contributed by atoms with Gasteiger partial charge in [0.25, 0.3) is 5.56 Å².